The number of hydrogen-bond acceptors (Lipinski definition) is 7. The maximum atomic E-state index is 14.4. The van der Waals surface area contributed by atoms with E-state index in [4.69, 9.17) is 4.74 Å². The summed E-state index contributed by atoms with van der Waals surface area (Å²) < 4.78 is 4.44. The summed E-state index contributed by atoms with van der Waals surface area (Å²) in [5.41, 5.74) is 8.54. The van der Waals surface area contributed by atoms with E-state index in [1.54, 1.807) is 7.11 Å². The molecule has 2 bridgehead atoms. The summed E-state index contributed by atoms with van der Waals surface area (Å²) in [7, 11) is 1.63. The van der Waals surface area contributed by atoms with E-state index in [-0.39, 0.29) is 36.4 Å². The van der Waals surface area contributed by atoms with Crippen LogP contribution in [-0.2, 0) is 23.8 Å². The zero-order valence-electron chi connectivity index (χ0n) is 43.6. The summed E-state index contributed by atoms with van der Waals surface area (Å²) in [6.07, 6.45) is 3.87. The third-order valence-corrected chi connectivity index (χ3v) is 18.8. The molecule has 7 nitrogen and oxygen atoms in total. The summed E-state index contributed by atoms with van der Waals surface area (Å²) in [6.45, 7) is 3.35. The first-order chi connectivity index (χ1) is 37.5. The Balaban J connectivity index is 0.880. The molecule has 8 aromatic rings. The first kappa shape index (κ1) is 53.0. The van der Waals surface area contributed by atoms with E-state index in [0.29, 0.717) is 24.9 Å². The van der Waals surface area contributed by atoms with E-state index in [1.807, 2.05) is 23.5 Å². The fourth-order valence-corrected chi connectivity index (χ4v) is 15.3. The van der Waals surface area contributed by atoms with E-state index in [2.05, 4.69) is 245 Å². The van der Waals surface area contributed by atoms with Crippen LogP contribution in [0.1, 0.15) is 70.5 Å². The van der Waals surface area contributed by atoms with Crippen LogP contribution in [0.3, 0.4) is 0 Å². The van der Waals surface area contributed by atoms with Gasteiger partial charge in [0.15, 0.2) is 0 Å². The van der Waals surface area contributed by atoms with Gasteiger partial charge in [0.05, 0.1) is 22.0 Å². The Morgan fingerprint density at radius 2 is 1.04 bits per heavy atom. The van der Waals surface area contributed by atoms with Crippen molar-refractivity contribution in [3.63, 3.8) is 0 Å². The van der Waals surface area contributed by atoms with Crippen LogP contribution >= 0.6 is 23.5 Å². The SMILES string of the molecule is COCNC(=O)[C@@H]1[C@H]2CCC(C[C@H]1c1ccc3ccccc3c1)N2CCCN(CCSC(c1ccccc1)(c1ccccc1)c1ccccc1)CC(=O)NCCSC(c1ccccc1)(c1ccccc1)c1ccccc1. The highest BCUT2D eigenvalue weighted by molar-refractivity contribution is 8.00. The average molecular weight is 1040 g/mol. The van der Waals surface area contributed by atoms with Crippen LogP contribution in [0.5, 0.6) is 0 Å². The predicted molar refractivity (Wildman–Crippen MR) is 316 cm³/mol. The quantitative estimate of drug-likeness (QED) is 0.0355. The van der Waals surface area contributed by atoms with Gasteiger partial charge >= 0.3 is 0 Å². The summed E-state index contributed by atoms with van der Waals surface area (Å²) in [5, 5.41) is 8.92. The average Bonchev–Trinajstić information content (AvgIpc) is 3.76. The van der Waals surface area contributed by atoms with Crippen molar-refractivity contribution in [2.75, 3.05) is 58.1 Å². The number of piperidine rings is 1. The number of carbonyl (C=O) groups is 2. The Morgan fingerprint density at radius 1 is 0.566 bits per heavy atom. The van der Waals surface area contributed by atoms with Crippen molar-refractivity contribution in [3.8, 4) is 0 Å². The largest absolute Gasteiger partial charge is 0.364 e. The summed E-state index contributed by atoms with van der Waals surface area (Å²) in [6, 6.07) is 80.6. The number of nitrogens with zero attached hydrogens (tertiary/aromatic N) is 2. The molecule has 2 aliphatic rings. The minimum Gasteiger partial charge on any atom is -0.364 e. The van der Waals surface area contributed by atoms with Crippen molar-refractivity contribution < 1.29 is 14.3 Å². The van der Waals surface area contributed by atoms with E-state index in [1.165, 1.54) is 49.7 Å². The fraction of sp³-hybridized carbons (Fsp3) is 0.284. The number of benzene rings is 8. The van der Waals surface area contributed by atoms with Crippen LogP contribution in [0.4, 0.5) is 0 Å². The second-order valence-corrected chi connectivity index (χ2v) is 22.8. The predicted octanol–water partition coefficient (Wildman–Crippen LogP) is 12.8. The molecule has 388 valence electrons. The monoisotopic (exact) mass is 1040 g/mol. The Labute approximate surface area is 458 Å². The topological polar surface area (TPSA) is 73.9 Å². The molecule has 2 N–H and O–H groups in total. The van der Waals surface area contributed by atoms with Gasteiger partial charge in [-0.3, -0.25) is 19.4 Å². The first-order valence-electron chi connectivity index (χ1n) is 27.1. The smallest absolute Gasteiger partial charge is 0.234 e. The van der Waals surface area contributed by atoms with Gasteiger partial charge in [-0.1, -0.05) is 224 Å². The third-order valence-electron chi connectivity index (χ3n) is 15.8. The summed E-state index contributed by atoms with van der Waals surface area (Å²) in [4.78, 5) is 33.7. The summed E-state index contributed by atoms with van der Waals surface area (Å²) in [5.74, 6) is 1.52. The van der Waals surface area contributed by atoms with E-state index in [9.17, 15) is 9.59 Å². The molecular weight excluding hydrogens is 973 g/mol. The second-order valence-electron chi connectivity index (χ2n) is 20.2. The Morgan fingerprint density at radius 3 is 1.54 bits per heavy atom. The number of hydrogen-bond donors (Lipinski definition) is 2. The Bertz CT molecular complexity index is 2890. The normalized spacial score (nSPS) is 17.7. The van der Waals surface area contributed by atoms with Gasteiger partial charge in [0, 0.05) is 43.8 Å². The first-order valence-corrected chi connectivity index (χ1v) is 29.1. The van der Waals surface area contributed by atoms with Gasteiger partial charge in [0.1, 0.15) is 6.73 Å². The standard InChI is InChI=1S/C67H70N4O3S2/c1-74-50-69-65(73)64-61(53-38-37-51-23-20-21-24-52(51)47-53)48-60-39-40-62(64)71(60)43-22-42-70(44-46-76-67(57-31-14-5-15-32-57,58-33-16-6-17-34-58)59-35-18-7-19-36-59)49-63(72)68-41-45-75-66(54-25-8-2-9-26-54,55-27-10-3-11-28-55)56-29-12-4-13-30-56/h2-21,23-38,47,60-62,64H,22,39-46,48-50H2,1H3,(H,68,72)(H,69,73)/t60?,61-,62+,64-/m0/s1. The lowest BCUT2D eigenvalue weighted by atomic mass is 9.75. The lowest BCUT2D eigenvalue weighted by Gasteiger charge is -2.44. The fourth-order valence-electron chi connectivity index (χ4n) is 12.3. The third kappa shape index (κ3) is 11.7. The van der Waals surface area contributed by atoms with Crippen molar-refractivity contribution in [2.24, 2.45) is 5.92 Å². The van der Waals surface area contributed by atoms with E-state index >= 15 is 0 Å². The number of ether oxygens (including phenoxy) is 1. The van der Waals surface area contributed by atoms with Gasteiger partial charge in [-0.25, -0.2) is 0 Å². The zero-order chi connectivity index (χ0) is 52.0. The van der Waals surface area contributed by atoms with Gasteiger partial charge in [0.2, 0.25) is 11.8 Å². The highest BCUT2D eigenvalue weighted by Crippen LogP contribution is 2.51. The Kier molecular flexibility index (Phi) is 17.8. The molecule has 0 saturated carbocycles. The molecule has 2 aliphatic heterocycles. The van der Waals surface area contributed by atoms with Gasteiger partial charge in [-0.2, -0.15) is 0 Å². The number of fused-ring (bicyclic) bond motifs is 3. The zero-order valence-corrected chi connectivity index (χ0v) is 45.2. The van der Waals surface area contributed by atoms with Crippen molar-refractivity contribution in [2.45, 2.75) is 53.2 Å². The van der Waals surface area contributed by atoms with Crippen molar-refractivity contribution in [1.82, 2.24) is 20.4 Å². The number of rotatable bonds is 24. The van der Waals surface area contributed by atoms with Gasteiger partial charge in [-0.15, -0.1) is 23.5 Å². The van der Waals surface area contributed by atoms with E-state index < -0.39 is 9.49 Å². The van der Waals surface area contributed by atoms with Crippen molar-refractivity contribution in [3.05, 3.63) is 263 Å². The molecular formula is C67H70N4O3S2. The van der Waals surface area contributed by atoms with Crippen LogP contribution in [0.2, 0.25) is 0 Å². The van der Waals surface area contributed by atoms with Gasteiger partial charge in [-0.05, 0) is 94.4 Å². The molecule has 0 aliphatic carbocycles. The number of nitrogens with one attached hydrogen (secondary N) is 2. The molecule has 0 spiro atoms. The molecule has 0 radical (unpaired) electrons. The number of thioether (sulfide) groups is 2. The maximum Gasteiger partial charge on any atom is 0.234 e. The molecule has 8 aromatic carbocycles. The van der Waals surface area contributed by atoms with Crippen LogP contribution < -0.4 is 10.6 Å². The minimum absolute atomic E-state index is 0.0296. The molecule has 2 amide bonds. The number of amides is 2. The van der Waals surface area contributed by atoms with E-state index in [0.717, 1.165) is 51.1 Å². The van der Waals surface area contributed by atoms with Crippen LogP contribution in [-0.4, -0.2) is 91.8 Å². The highest BCUT2D eigenvalue weighted by Gasteiger charge is 2.50. The summed E-state index contributed by atoms with van der Waals surface area (Å²) >= 11 is 3.81. The maximum absolute atomic E-state index is 14.4. The molecule has 0 aromatic heterocycles. The van der Waals surface area contributed by atoms with Crippen LogP contribution in [0.15, 0.2) is 224 Å². The number of carbonyl (C=O) groups excluding carboxylic acids is 2. The van der Waals surface area contributed by atoms with Crippen LogP contribution in [0.25, 0.3) is 10.8 Å². The molecule has 76 heavy (non-hydrogen) atoms. The van der Waals surface area contributed by atoms with Crippen molar-refractivity contribution in [1.29, 1.82) is 0 Å². The van der Waals surface area contributed by atoms with Gasteiger partial charge in [0.25, 0.3) is 0 Å². The molecule has 1 unspecified atom stereocenters. The highest BCUT2D eigenvalue weighted by atomic mass is 32.2. The number of methoxy groups -OCH3 is 1. The molecule has 2 saturated heterocycles. The second kappa shape index (κ2) is 25.6. The molecule has 10 rings (SSSR count). The molecule has 2 fully saturated rings. The Hall–Kier alpha value is -6.46. The lowest BCUT2D eigenvalue weighted by Crippen LogP contribution is -2.53. The molecule has 2 heterocycles. The molecule has 9 heteroatoms. The van der Waals surface area contributed by atoms with Gasteiger partial charge < -0.3 is 15.4 Å². The van der Waals surface area contributed by atoms with Crippen LogP contribution in [0, 0.1) is 5.92 Å². The lowest BCUT2D eigenvalue weighted by molar-refractivity contribution is -0.131. The van der Waals surface area contributed by atoms with Crippen molar-refractivity contribution >= 4 is 46.1 Å². The minimum atomic E-state index is -0.468. The molecule has 4 atom stereocenters.